The molecule has 1 heterocycles. The molecule has 3 rings (SSSR count). The predicted octanol–water partition coefficient (Wildman–Crippen LogP) is 3.13. The van der Waals surface area contributed by atoms with Gasteiger partial charge in [0.15, 0.2) is 0 Å². The lowest BCUT2D eigenvalue weighted by atomic mass is 10.1. The first-order chi connectivity index (χ1) is 8.34. The highest BCUT2D eigenvalue weighted by Gasteiger charge is 2.27. The number of nitrogens with two attached hydrogens (primary N) is 1. The van der Waals surface area contributed by atoms with E-state index in [9.17, 15) is 0 Å². The second-order valence-corrected chi connectivity index (χ2v) is 5.46. The Hall–Kier alpha value is -1.02. The lowest BCUT2D eigenvalue weighted by Crippen LogP contribution is -2.28. The number of nitrogens with zero attached hydrogens (tertiary/aromatic N) is 1. The van der Waals surface area contributed by atoms with Gasteiger partial charge in [-0.05, 0) is 62.0 Å². The third kappa shape index (κ3) is 2.19. The van der Waals surface area contributed by atoms with Crippen LogP contribution in [0.1, 0.15) is 49.3 Å². The van der Waals surface area contributed by atoms with Crippen LogP contribution in [-0.4, -0.2) is 18.0 Å². The molecule has 0 spiro atoms. The van der Waals surface area contributed by atoms with E-state index in [-0.39, 0.29) is 0 Å². The van der Waals surface area contributed by atoms with Gasteiger partial charge >= 0.3 is 0 Å². The van der Waals surface area contributed by atoms with Crippen LogP contribution in [0.2, 0.25) is 0 Å². The van der Waals surface area contributed by atoms with Crippen molar-refractivity contribution in [1.29, 1.82) is 0 Å². The van der Waals surface area contributed by atoms with E-state index >= 15 is 0 Å². The van der Waals surface area contributed by atoms with Crippen LogP contribution in [0.3, 0.4) is 0 Å². The summed E-state index contributed by atoms with van der Waals surface area (Å²) in [5.74, 6) is 0. The molecule has 1 aromatic carbocycles. The molecule has 1 atom stereocenters. The van der Waals surface area contributed by atoms with Crippen molar-refractivity contribution in [3.8, 4) is 0 Å². The van der Waals surface area contributed by atoms with Crippen molar-refractivity contribution in [2.45, 2.75) is 44.6 Å². The third-order valence-electron chi connectivity index (χ3n) is 4.29. The molecule has 1 fully saturated rings. The molecule has 1 unspecified atom stereocenters. The summed E-state index contributed by atoms with van der Waals surface area (Å²) in [5.41, 5.74) is 9.81. The molecule has 0 radical (unpaired) electrons. The Morgan fingerprint density at radius 3 is 2.59 bits per heavy atom. The maximum atomic E-state index is 5.87. The number of hydrogen-bond donors (Lipinski definition) is 1. The minimum atomic E-state index is 0.670. The van der Waals surface area contributed by atoms with Gasteiger partial charge in [-0.25, -0.2) is 0 Å². The minimum Gasteiger partial charge on any atom is -0.399 e. The number of likely N-dealkylation sites (tertiary alicyclic amines) is 1. The van der Waals surface area contributed by atoms with E-state index in [0.29, 0.717) is 6.04 Å². The zero-order chi connectivity index (χ0) is 11.7. The highest BCUT2D eigenvalue weighted by molar-refractivity contribution is 5.47. The summed E-state index contributed by atoms with van der Waals surface area (Å²) < 4.78 is 0. The second kappa shape index (κ2) is 4.69. The van der Waals surface area contributed by atoms with Crippen molar-refractivity contribution in [2.75, 3.05) is 18.8 Å². The lowest BCUT2D eigenvalue weighted by molar-refractivity contribution is 0.204. The van der Waals surface area contributed by atoms with Gasteiger partial charge in [-0.3, -0.25) is 4.90 Å². The normalized spacial score (nSPS) is 25.5. The molecule has 92 valence electrons. The van der Waals surface area contributed by atoms with E-state index in [4.69, 9.17) is 5.73 Å². The van der Waals surface area contributed by atoms with E-state index in [0.717, 1.165) is 5.69 Å². The topological polar surface area (TPSA) is 29.3 Å². The zero-order valence-corrected chi connectivity index (χ0v) is 10.5. The molecule has 0 saturated carbocycles. The quantitative estimate of drug-likeness (QED) is 0.751. The van der Waals surface area contributed by atoms with E-state index in [1.54, 1.807) is 5.56 Å². The molecular weight excluding hydrogens is 208 g/mol. The molecular formula is C15H22N2. The maximum Gasteiger partial charge on any atom is 0.0354 e. The number of aryl methyl sites for hydroxylation is 1. The van der Waals surface area contributed by atoms with Gasteiger partial charge in [0.25, 0.3) is 0 Å². The van der Waals surface area contributed by atoms with Gasteiger partial charge in [-0.1, -0.05) is 18.9 Å². The van der Waals surface area contributed by atoms with Gasteiger partial charge in [0, 0.05) is 11.7 Å². The fourth-order valence-corrected chi connectivity index (χ4v) is 3.40. The highest BCUT2D eigenvalue weighted by atomic mass is 15.2. The molecule has 2 nitrogen and oxygen atoms in total. The summed E-state index contributed by atoms with van der Waals surface area (Å²) in [6.07, 6.45) is 8.08. The summed E-state index contributed by atoms with van der Waals surface area (Å²) in [6.45, 7) is 2.57. The molecule has 2 N–H and O–H groups in total. The fourth-order valence-electron chi connectivity index (χ4n) is 3.40. The van der Waals surface area contributed by atoms with Crippen molar-refractivity contribution in [2.24, 2.45) is 0 Å². The smallest absolute Gasteiger partial charge is 0.0354 e. The molecule has 2 heteroatoms. The highest BCUT2D eigenvalue weighted by Crippen LogP contribution is 2.37. The summed E-state index contributed by atoms with van der Waals surface area (Å²) in [7, 11) is 0. The molecule has 2 aliphatic rings. The Balaban J connectivity index is 1.82. The van der Waals surface area contributed by atoms with Gasteiger partial charge in [-0.2, -0.15) is 0 Å². The number of hydrogen-bond acceptors (Lipinski definition) is 2. The van der Waals surface area contributed by atoms with Crippen molar-refractivity contribution in [1.82, 2.24) is 4.90 Å². The average molecular weight is 230 g/mol. The minimum absolute atomic E-state index is 0.670. The average Bonchev–Trinajstić information content (AvgIpc) is 2.57. The lowest BCUT2D eigenvalue weighted by Gasteiger charge is -2.28. The summed E-state index contributed by atoms with van der Waals surface area (Å²) in [5, 5.41) is 0. The maximum absolute atomic E-state index is 5.87. The third-order valence-corrected chi connectivity index (χ3v) is 4.29. The summed E-state index contributed by atoms with van der Waals surface area (Å²) in [6, 6.07) is 7.17. The molecule has 17 heavy (non-hydrogen) atoms. The van der Waals surface area contributed by atoms with E-state index in [1.165, 1.54) is 57.2 Å². The fraction of sp³-hybridized carbons (Fsp3) is 0.600. The van der Waals surface area contributed by atoms with E-state index in [2.05, 4.69) is 23.1 Å². The first-order valence-electron chi connectivity index (χ1n) is 6.97. The van der Waals surface area contributed by atoms with E-state index < -0.39 is 0 Å². The van der Waals surface area contributed by atoms with E-state index in [1.807, 2.05) is 0 Å². The molecule has 1 aliphatic heterocycles. The Morgan fingerprint density at radius 1 is 1.06 bits per heavy atom. The van der Waals surface area contributed by atoms with Crippen molar-refractivity contribution >= 4 is 5.69 Å². The van der Waals surface area contributed by atoms with Gasteiger partial charge in [0.1, 0.15) is 0 Å². The monoisotopic (exact) mass is 230 g/mol. The van der Waals surface area contributed by atoms with Crippen LogP contribution in [0.25, 0.3) is 0 Å². The number of nitrogen functional groups attached to an aromatic ring is 1. The van der Waals surface area contributed by atoms with Gasteiger partial charge in [0.05, 0.1) is 0 Å². The number of benzene rings is 1. The van der Waals surface area contributed by atoms with Crippen LogP contribution in [0.5, 0.6) is 0 Å². The van der Waals surface area contributed by atoms with Crippen molar-refractivity contribution in [3.63, 3.8) is 0 Å². The van der Waals surface area contributed by atoms with Gasteiger partial charge < -0.3 is 5.73 Å². The molecule has 1 aromatic rings. The molecule has 0 bridgehead atoms. The Kier molecular flexibility index (Phi) is 3.06. The van der Waals surface area contributed by atoms with Crippen LogP contribution in [0, 0.1) is 0 Å². The van der Waals surface area contributed by atoms with Crippen LogP contribution < -0.4 is 5.73 Å². The molecule has 1 aliphatic carbocycles. The molecule has 0 amide bonds. The van der Waals surface area contributed by atoms with Crippen LogP contribution in [-0.2, 0) is 6.42 Å². The standard InChI is InChI=1S/C15H22N2/c16-13-6-7-14-12(11-13)5-8-15(14)17-9-3-1-2-4-10-17/h6-7,11,15H,1-5,8-10,16H2. The SMILES string of the molecule is Nc1ccc2c(c1)CCC2N1CCCCCC1. The number of rotatable bonds is 1. The summed E-state index contributed by atoms with van der Waals surface area (Å²) >= 11 is 0. The van der Waals surface area contributed by atoms with Crippen molar-refractivity contribution < 1.29 is 0 Å². The Bertz CT molecular complexity index is 392. The molecule has 1 saturated heterocycles. The largest absolute Gasteiger partial charge is 0.399 e. The van der Waals surface area contributed by atoms with Gasteiger partial charge in [-0.15, -0.1) is 0 Å². The predicted molar refractivity (Wildman–Crippen MR) is 72.0 cm³/mol. The summed E-state index contributed by atoms with van der Waals surface area (Å²) in [4.78, 5) is 2.70. The van der Waals surface area contributed by atoms with Crippen LogP contribution in [0.15, 0.2) is 18.2 Å². The zero-order valence-electron chi connectivity index (χ0n) is 10.5. The Labute approximate surface area is 104 Å². The number of anilines is 1. The second-order valence-electron chi connectivity index (χ2n) is 5.46. The molecule has 0 aromatic heterocycles. The van der Waals surface area contributed by atoms with Crippen LogP contribution >= 0.6 is 0 Å². The first kappa shape index (κ1) is 11.1. The van der Waals surface area contributed by atoms with Crippen LogP contribution in [0.4, 0.5) is 5.69 Å². The van der Waals surface area contributed by atoms with Crippen molar-refractivity contribution in [3.05, 3.63) is 29.3 Å². The Morgan fingerprint density at radius 2 is 1.82 bits per heavy atom. The number of fused-ring (bicyclic) bond motifs is 1. The first-order valence-corrected chi connectivity index (χ1v) is 6.97. The van der Waals surface area contributed by atoms with Gasteiger partial charge in [0.2, 0.25) is 0 Å².